The van der Waals surface area contributed by atoms with Crippen LogP contribution in [-0.2, 0) is 10.3 Å². The van der Waals surface area contributed by atoms with Crippen molar-refractivity contribution < 1.29 is 9.53 Å². The largest absolute Gasteiger partial charge is 0.451 e. The summed E-state index contributed by atoms with van der Waals surface area (Å²) in [6, 6.07) is 5.52. The Balaban J connectivity index is 2.17. The van der Waals surface area contributed by atoms with Crippen LogP contribution in [0.4, 0.5) is 5.69 Å². The van der Waals surface area contributed by atoms with Crippen molar-refractivity contribution in [3.63, 3.8) is 0 Å². The van der Waals surface area contributed by atoms with E-state index < -0.39 is 0 Å². The van der Waals surface area contributed by atoms with Gasteiger partial charge in [0.05, 0.1) is 5.56 Å². The van der Waals surface area contributed by atoms with Crippen LogP contribution in [0.2, 0.25) is 0 Å². The average Bonchev–Trinajstić information content (AvgIpc) is 2.76. The van der Waals surface area contributed by atoms with E-state index in [0.717, 1.165) is 31.2 Å². The van der Waals surface area contributed by atoms with Crippen molar-refractivity contribution >= 4 is 11.7 Å². The van der Waals surface area contributed by atoms with E-state index in [1.165, 1.54) is 0 Å². The molecule has 1 aliphatic heterocycles. The van der Waals surface area contributed by atoms with Gasteiger partial charge in [-0.3, -0.25) is 0 Å². The van der Waals surface area contributed by atoms with E-state index in [2.05, 4.69) is 0 Å². The van der Waals surface area contributed by atoms with Crippen molar-refractivity contribution in [2.24, 2.45) is 0 Å². The van der Waals surface area contributed by atoms with Crippen LogP contribution in [0.3, 0.4) is 0 Å². The molecule has 3 rings (SSSR count). The number of nitrogen functional groups attached to an aromatic ring is 1. The minimum atomic E-state index is -0.319. The average molecular weight is 203 g/mol. The van der Waals surface area contributed by atoms with Crippen LogP contribution in [0.15, 0.2) is 18.2 Å². The van der Waals surface area contributed by atoms with Gasteiger partial charge in [0.15, 0.2) is 0 Å². The number of rotatable bonds is 0. The van der Waals surface area contributed by atoms with Crippen molar-refractivity contribution in [1.29, 1.82) is 0 Å². The highest BCUT2D eigenvalue weighted by Gasteiger charge is 2.47. The molecule has 1 aliphatic carbocycles. The third-order valence-corrected chi connectivity index (χ3v) is 3.45. The molecule has 1 aromatic carbocycles. The van der Waals surface area contributed by atoms with Crippen LogP contribution in [0.5, 0.6) is 0 Å². The molecule has 1 aromatic rings. The number of carbonyl (C=O) groups excluding carboxylic acids is 1. The number of hydrogen-bond donors (Lipinski definition) is 1. The summed E-state index contributed by atoms with van der Waals surface area (Å²) in [5.41, 5.74) is 7.68. The summed E-state index contributed by atoms with van der Waals surface area (Å²) in [7, 11) is 0. The zero-order valence-electron chi connectivity index (χ0n) is 8.45. The molecule has 1 saturated carbocycles. The number of nitrogens with two attached hydrogens (primary N) is 1. The topological polar surface area (TPSA) is 52.3 Å². The molecule has 2 aliphatic rings. The van der Waals surface area contributed by atoms with Crippen molar-refractivity contribution in [3.05, 3.63) is 29.3 Å². The SMILES string of the molecule is Nc1ccc2c(c1)C(=O)OC21CCCC1. The monoisotopic (exact) mass is 203 g/mol. The lowest BCUT2D eigenvalue weighted by atomic mass is 9.91. The van der Waals surface area contributed by atoms with Crippen LogP contribution in [0.25, 0.3) is 0 Å². The summed E-state index contributed by atoms with van der Waals surface area (Å²) in [5, 5.41) is 0. The van der Waals surface area contributed by atoms with Crippen molar-refractivity contribution in [2.45, 2.75) is 31.3 Å². The molecule has 78 valence electrons. The van der Waals surface area contributed by atoms with E-state index in [-0.39, 0.29) is 11.6 Å². The molecule has 3 heteroatoms. The molecule has 15 heavy (non-hydrogen) atoms. The molecule has 3 nitrogen and oxygen atoms in total. The lowest BCUT2D eigenvalue weighted by molar-refractivity contribution is -0.00481. The Morgan fingerprint density at radius 3 is 2.73 bits per heavy atom. The molecule has 1 spiro atoms. The number of anilines is 1. The number of carbonyl (C=O) groups is 1. The number of fused-ring (bicyclic) bond motifs is 2. The van der Waals surface area contributed by atoms with E-state index in [1.54, 1.807) is 6.07 Å². The van der Waals surface area contributed by atoms with Gasteiger partial charge < -0.3 is 10.5 Å². The molecule has 0 saturated heterocycles. The van der Waals surface area contributed by atoms with Gasteiger partial charge in [-0.2, -0.15) is 0 Å². The predicted molar refractivity (Wildman–Crippen MR) is 56.4 cm³/mol. The second-order valence-corrected chi connectivity index (χ2v) is 4.40. The van der Waals surface area contributed by atoms with Gasteiger partial charge in [-0.15, -0.1) is 0 Å². The van der Waals surface area contributed by atoms with Gasteiger partial charge in [0.2, 0.25) is 0 Å². The Bertz CT molecular complexity index is 433. The summed E-state index contributed by atoms with van der Waals surface area (Å²) in [4.78, 5) is 11.7. The van der Waals surface area contributed by atoms with E-state index in [9.17, 15) is 4.79 Å². The lowest BCUT2D eigenvalue weighted by Crippen LogP contribution is -2.21. The Hall–Kier alpha value is -1.51. The van der Waals surface area contributed by atoms with E-state index in [1.807, 2.05) is 12.1 Å². The first-order valence-electron chi connectivity index (χ1n) is 5.35. The maximum absolute atomic E-state index is 11.7. The van der Waals surface area contributed by atoms with E-state index in [4.69, 9.17) is 10.5 Å². The zero-order valence-corrected chi connectivity index (χ0v) is 8.45. The first kappa shape index (κ1) is 8.77. The first-order valence-corrected chi connectivity index (χ1v) is 5.35. The molecule has 0 atom stereocenters. The quantitative estimate of drug-likeness (QED) is 0.519. The summed E-state index contributed by atoms with van der Waals surface area (Å²) < 4.78 is 5.54. The minimum absolute atomic E-state index is 0.209. The van der Waals surface area contributed by atoms with Crippen LogP contribution < -0.4 is 5.73 Å². The van der Waals surface area contributed by atoms with Crippen molar-refractivity contribution in [1.82, 2.24) is 0 Å². The minimum Gasteiger partial charge on any atom is -0.451 e. The molecular weight excluding hydrogens is 190 g/mol. The third-order valence-electron chi connectivity index (χ3n) is 3.45. The van der Waals surface area contributed by atoms with Crippen LogP contribution in [0.1, 0.15) is 41.6 Å². The Kier molecular flexibility index (Phi) is 1.61. The van der Waals surface area contributed by atoms with Crippen LogP contribution in [0, 0.1) is 0 Å². The van der Waals surface area contributed by atoms with Gasteiger partial charge in [0, 0.05) is 11.3 Å². The fourth-order valence-electron chi connectivity index (χ4n) is 2.73. The Morgan fingerprint density at radius 2 is 2.00 bits per heavy atom. The van der Waals surface area contributed by atoms with Gasteiger partial charge in [-0.05, 0) is 37.8 Å². The highest BCUT2D eigenvalue weighted by atomic mass is 16.6. The van der Waals surface area contributed by atoms with Crippen LogP contribution in [-0.4, -0.2) is 5.97 Å². The van der Waals surface area contributed by atoms with Gasteiger partial charge in [-0.25, -0.2) is 4.79 Å². The molecular formula is C12H13NO2. The third kappa shape index (κ3) is 1.09. The van der Waals surface area contributed by atoms with Crippen molar-refractivity contribution in [3.8, 4) is 0 Å². The predicted octanol–water partition coefficient (Wildman–Crippen LogP) is 2.21. The highest BCUT2D eigenvalue weighted by molar-refractivity contribution is 5.95. The summed E-state index contributed by atoms with van der Waals surface area (Å²) in [6.45, 7) is 0. The Morgan fingerprint density at radius 1 is 1.27 bits per heavy atom. The number of benzene rings is 1. The molecule has 1 heterocycles. The van der Waals surface area contributed by atoms with Crippen LogP contribution >= 0.6 is 0 Å². The van der Waals surface area contributed by atoms with Gasteiger partial charge >= 0.3 is 5.97 Å². The number of hydrogen-bond acceptors (Lipinski definition) is 3. The van der Waals surface area contributed by atoms with Crippen molar-refractivity contribution in [2.75, 3.05) is 5.73 Å². The van der Waals surface area contributed by atoms with E-state index in [0.29, 0.717) is 11.3 Å². The zero-order chi connectivity index (χ0) is 10.5. The maximum atomic E-state index is 11.7. The normalized spacial score (nSPS) is 21.7. The Labute approximate surface area is 88.2 Å². The van der Waals surface area contributed by atoms with Gasteiger partial charge in [0.1, 0.15) is 5.60 Å². The summed E-state index contributed by atoms with van der Waals surface area (Å²) >= 11 is 0. The smallest absolute Gasteiger partial charge is 0.339 e. The standard InChI is InChI=1S/C12H13NO2/c13-8-3-4-10-9(7-8)11(14)15-12(10)5-1-2-6-12/h3-4,7H,1-2,5-6,13H2. The molecule has 1 fully saturated rings. The molecule has 0 bridgehead atoms. The first-order chi connectivity index (χ1) is 7.21. The number of ether oxygens (including phenoxy) is 1. The van der Waals surface area contributed by atoms with E-state index >= 15 is 0 Å². The second-order valence-electron chi connectivity index (χ2n) is 4.40. The molecule has 0 unspecified atom stereocenters. The lowest BCUT2D eigenvalue weighted by Gasteiger charge is -2.22. The summed E-state index contributed by atoms with van der Waals surface area (Å²) in [6.07, 6.45) is 4.18. The van der Waals surface area contributed by atoms with Gasteiger partial charge in [-0.1, -0.05) is 6.07 Å². The molecule has 0 aromatic heterocycles. The summed E-state index contributed by atoms with van der Waals surface area (Å²) in [5.74, 6) is -0.209. The highest BCUT2D eigenvalue weighted by Crippen LogP contribution is 2.48. The fraction of sp³-hybridized carbons (Fsp3) is 0.417. The second kappa shape index (κ2) is 2.75. The van der Waals surface area contributed by atoms with Gasteiger partial charge in [0.25, 0.3) is 0 Å². The maximum Gasteiger partial charge on any atom is 0.339 e. The molecule has 0 radical (unpaired) electrons. The molecule has 2 N–H and O–H groups in total. The number of esters is 1. The fourth-order valence-corrected chi connectivity index (χ4v) is 2.73. The molecule has 0 amide bonds.